The van der Waals surface area contributed by atoms with Crippen LogP contribution in [0.15, 0.2) is 30.3 Å². The summed E-state index contributed by atoms with van der Waals surface area (Å²) in [5.74, 6) is -1.02. The topological polar surface area (TPSA) is 29.0 Å². The Kier molecular flexibility index (Phi) is 3.05. The summed E-state index contributed by atoms with van der Waals surface area (Å²) in [5, 5.41) is -0.210. The molecule has 0 aliphatic carbocycles. The number of fused-ring (bicyclic) bond motifs is 1. The number of aromatic nitrogens is 2. The van der Waals surface area contributed by atoms with Crippen LogP contribution in [0.5, 0.6) is 0 Å². The summed E-state index contributed by atoms with van der Waals surface area (Å²) in [6.45, 7) is 1.03. The molecule has 7 heteroatoms. The first-order valence-electron chi connectivity index (χ1n) is 5.87. The van der Waals surface area contributed by atoms with Crippen molar-refractivity contribution < 1.29 is 13.2 Å². The highest BCUT2D eigenvalue weighted by Crippen LogP contribution is 2.32. The van der Waals surface area contributed by atoms with Crippen LogP contribution in [0.4, 0.5) is 19.0 Å². The van der Waals surface area contributed by atoms with E-state index in [1.807, 2.05) is 24.3 Å². The Hall–Kier alpha value is -1.82. The van der Waals surface area contributed by atoms with Crippen LogP contribution in [0, 0.1) is 0 Å². The second-order valence-electron chi connectivity index (χ2n) is 4.50. The zero-order valence-corrected chi connectivity index (χ0v) is 10.9. The fourth-order valence-electron chi connectivity index (χ4n) is 2.19. The SMILES string of the molecule is FC(F)(F)c1nc(Cl)cc(N2Cc3ccccc3C2)n1. The standard InChI is InChI=1S/C13H9ClF3N3/c14-10-5-11(19-12(18-10)13(15,16)17)20-6-8-3-1-2-4-9(8)7-20/h1-5H,6-7H2. The molecule has 2 heterocycles. The lowest BCUT2D eigenvalue weighted by Gasteiger charge is -2.17. The third-order valence-corrected chi connectivity index (χ3v) is 3.29. The van der Waals surface area contributed by atoms with E-state index in [0.717, 1.165) is 11.1 Å². The van der Waals surface area contributed by atoms with Gasteiger partial charge in [-0.1, -0.05) is 35.9 Å². The fourth-order valence-corrected chi connectivity index (χ4v) is 2.37. The maximum atomic E-state index is 12.7. The zero-order valence-electron chi connectivity index (χ0n) is 10.2. The van der Waals surface area contributed by atoms with Gasteiger partial charge >= 0.3 is 6.18 Å². The number of halogens is 4. The van der Waals surface area contributed by atoms with Crippen molar-refractivity contribution in [2.45, 2.75) is 19.3 Å². The maximum absolute atomic E-state index is 12.7. The third kappa shape index (κ3) is 2.43. The predicted octanol–water partition coefficient (Wildman–Crippen LogP) is 3.67. The molecule has 3 rings (SSSR count). The highest BCUT2D eigenvalue weighted by atomic mass is 35.5. The van der Waals surface area contributed by atoms with Gasteiger partial charge in [-0.05, 0) is 11.1 Å². The van der Waals surface area contributed by atoms with Crippen molar-refractivity contribution in [1.82, 2.24) is 9.97 Å². The predicted molar refractivity (Wildman–Crippen MR) is 68.4 cm³/mol. The Bertz CT molecular complexity index is 633. The van der Waals surface area contributed by atoms with Crippen molar-refractivity contribution in [3.63, 3.8) is 0 Å². The van der Waals surface area contributed by atoms with E-state index in [-0.39, 0.29) is 11.0 Å². The lowest BCUT2D eigenvalue weighted by molar-refractivity contribution is -0.144. The molecule has 0 saturated carbocycles. The van der Waals surface area contributed by atoms with Crippen LogP contribution in [0.25, 0.3) is 0 Å². The summed E-state index contributed by atoms with van der Waals surface area (Å²) in [7, 11) is 0. The largest absolute Gasteiger partial charge is 0.451 e. The Morgan fingerprint density at radius 1 is 1.05 bits per heavy atom. The van der Waals surface area contributed by atoms with Crippen molar-refractivity contribution in [1.29, 1.82) is 0 Å². The second-order valence-corrected chi connectivity index (χ2v) is 4.88. The van der Waals surface area contributed by atoms with Gasteiger partial charge in [0.15, 0.2) is 0 Å². The monoisotopic (exact) mass is 299 g/mol. The van der Waals surface area contributed by atoms with Crippen LogP contribution in [-0.2, 0) is 19.3 Å². The summed E-state index contributed by atoms with van der Waals surface area (Å²) >= 11 is 5.67. The van der Waals surface area contributed by atoms with E-state index < -0.39 is 12.0 Å². The molecule has 1 aliphatic heterocycles. The number of nitrogens with zero attached hydrogens (tertiary/aromatic N) is 3. The molecule has 104 valence electrons. The molecule has 3 nitrogen and oxygen atoms in total. The van der Waals surface area contributed by atoms with E-state index in [0.29, 0.717) is 13.1 Å². The molecule has 1 aliphatic rings. The van der Waals surface area contributed by atoms with Gasteiger partial charge in [-0.2, -0.15) is 13.2 Å². The Balaban J connectivity index is 1.95. The van der Waals surface area contributed by atoms with Gasteiger partial charge in [0.2, 0.25) is 5.82 Å². The maximum Gasteiger partial charge on any atom is 0.451 e. The van der Waals surface area contributed by atoms with E-state index in [2.05, 4.69) is 9.97 Å². The highest BCUT2D eigenvalue weighted by Gasteiger charge is 2.36. The van der Waals surface area contributed by atoms with E-state index in [9.17, 15) is 13.2 Å². The molecular formula is C13H9ClF3N3. The number of hydrogen-bond acceptors (Lipinski definition) is 3. The molecule has 0 unspecified atom stereocenters. The van der Waals surface area contributed by atoms with Gasteiger partial charge in [0, 0.05) is 19.2 Å². The molecule has 0 radical (unpaired) electrons. The summed E-state index contributed by atoms with van der Waals surface area (Å²) in [6, 6.07) is 9.04. The minimum Gasteiger partial charge on any atom is -0.348 e. The first-order valence-corrected chi connectivity index (χ1v) is 6.25. The van der Waals surface area contributed by atoms with Gasteiger partial charge in [-0.15, -0.1) is 0 Å². The average Bonchev–Trinajstić information content (AvgIpc) is 2.80. The van der Waals surface area contributed by atoms with E-state index in [1.165, 1.54) is 6.07 Å². The van der Waals surface area contributed by atoms with Gasteiger partial charge < -0.3 is 4.90 Å². The first-order chi connectivity index (χ1) is 9.43. The lowest BCUT2D eigenvalue weighted by Crippen LogP contribution is -2.19. The van der Waals surface area contributed by atoms with Gasteiger partial charge in [0.25, 0.3) is 0 Å². The van der Waals surface area contributed by atoms with E-state index in [1.54, 1.807) is 4.90 Å². The molecule has 1 aromatic heterocycles. The number of benzene rings is 1. The lowest BCUT2D eigenvalue weighted by atomic mass is 10.1. The van der Waals surface area contributed by atoms with Gasteiger partial charge in [-0.25, -0.2) is 9.97 Å². The number of hydrogen-bond donors (Lipinski definition) is 0. The van der Waals surface area contributed by atoms with Gasteiger partial charge in [0.05, 0.1) is 0 Å². The molecule has 0 amide bonds. The van der Waals surface area contributed by atoms with E-state index >= 15 is 0 Å². The molecule has 0 N–H and O–H groups in total. The summed E-state index contributed by atoms with van der Waals surface area (Å²) < 4.78 is 38.1. The molecule has 0 fully saturated rings. The highest BCUT2D eigenvalue weighted by molar-refractivity contribution is 6.29. The van der Waals surface area contributed by atoms with Crippen molar-refractivity contribution in [2.75, 3.05) is 4.90 Å². The third-order valence-electron chi connectivity index (χ3n) is 3.10. The van der Waals surface area contributed by atoms with Gasteiger partial charge in [0.1, 0.15) is 11.0 Å². The van der Waals surface area contributed by atoms with Gasteiger partial charge in [-0.3, -0.25) is 0 Å². The van der Waals surface area contributed by atoms with Crippen LogP contribution < -0.4 is 4.90 Å². The molecule has 2 aromatic rings. The van der Waals surface area contributed by atoms with Crippen molar-refractivity contribution in [3.05, 3.63) is 52.4 Å². The first kappa shape index (κ1) is 13.2. The smallest absolute Gasteiger partial charge is 0.348 e. The number of anilines is 1. The molecule has 0 saturated heterocycles. The van der Waals surface area contributed by atoms with Crippen molar-refractivity contribution in [2.24, 2.45) is 0 Å². The fraction of sp³-hybridized carbons (Fsp3) is 0.231. The van der Waals surface area contributed by atoms with Crippen molar-refractivity contribution >= 4 is 17.4 Å². The summed E-state index contributed by atoms with van der Waals surface area (Å²) in [4.78, 5) is 8.55. The van der Waals surface area contributed by atoms with Crippen molar-refractivity contribution in [3.8, 4) is 0 Å². The Morgan fingerprint density at radius 3 is 2.20 bits per heavy atom. The normalized spacial score (nSPS) is 14.5. The average molecular weight is 300 g/mol. The van der Waals surface area contributed by atoms with Crippen LogP contribution in [0.3, 0.4) is 0 Å². The molecule has 0 atom stereocenters. The van der Waals surface area contributed by atoms with Crippen LogP contribution in [0.1, 0.15) is 17.0 Å². The number of rotatable bonds is 1. The minimum absolute atomic E-state index is 0.188. The molecular weight excluding hydrogens is 291 g/mol. The molecule has 0 spiro atoms. The minimum atomic E-state index is -4.60. The van der Waals surface area contributed by atoms with Crippen LogP contribution >= 0.6 is 11.6 Å². The summed E-state index contributed by atoms with van der Waals surface area (Å²) in [6.07, 6.45) is -4.60. The Morgan fingerprint density at radius 2 is 1.65 bits per heavy atom. The molecule has 0 bridgehead atoms. The zero-order chi connectivity index (χ0) is 14.3. The molecule has 1 aromatic carbocycles. The van der Waals surface area contributed by atoms with Crippen LogP contribution in [0.2, 0.25) is 5.15 Å². The summed E-state index contributed by atoms with van der Waals surface area (Å²) in [5.41, 5.74) is 2.16. The quantitative estimate of drug-likeness (QED) is 0.752. The second kappa shape index (κ2) is 4.63. The van der Waals surface area contributed by atoms with E-state index in [4.69, 9.17) is 11.6 Å². The molecule has 20 heavy (non-hydrogen) atoms. The number of alkyl halides is 3. The Labute approximate surface area is 118 Å². The van der Waals surface area contributed by atoms with Crippen LogP contribution in [-0.4, -0.2) is 9.97 Å².